The highest BCUT2D eigenvalue weighted by atomic mass is 16.5. The molecule has 1 aliphatic heterocycles. The number of cyclic esters (lactones) is 1. The molecule has 1 N–H and O–H groups in total. The normalized spacial score (nSPS) is 20.6. The molecule has 6 heteroatoms. The van der Waals surface area contributed by atoms with Crippen LogP contribution in [0.4, 0.5) is 5.82 Å². The summed E-state index contributed by atoms with van der Waals surface area (Å²) in [5, 5.41) is 15.1. The van der Waals surface area contributed by atoms with Crippen LogP contribution in [0.3, 0.4) is 0 Å². The molecule has 1 atom stereocenters. The highest BCUT2D eigenvalue weighted by Crippen LogP contribution is 2.20. The fraction of sp³-hybridized carbons (Fsp3) is 0.400. The lowest BCUT2D eigenvalue weighted by molar-refractivity contribution is -0.139. The molecule has 0 spiro atoms. The maximum Gasteiger partial charge on any atom is 0.314 e. The van der Waals surface area contributed by atoms with Crippen molar-refractivity contribution in [2.75, 3.05) is 6.61 Å². The standard InChI is InChI=1S/C10H10N4O2/c1-6(8-2-3-16-10(8)15)13-9-7(4-11)5-12-14-9/h5,8H,2-3H2,1H3,(H,12,14). The minimum atomic E-state index is -0.296. The second-order valence-electron chi connectivity index (χ2n) is 3.51. The number of hydrogen-bond donors (Lipinski definition) is 1. The SMILES string of the molecule is CC(=Nc1[nH]ncc1C#N)C1CCOC1=O. The molecule has 2 heterocycles. The molecule has 1 aromatic rings. The van der Waals surface area contributed by atoms with Gasteiger partial charge in [-0.3, -0.25) is 9.89 Å². The van der Waals surface area contributed by atoms with Crippen molar-refractivity contribution in [3.05, 3.63) is 11.8 Å². The van der Waals surface area contributed by atoms with Gasteiger partial charge in [-0.05, 0) is 6.92 Å². The van der Waals surface area contributed by atoms with E-state index in [2.05, 4.69) is 15.2 Å². The number of rotatable bonds is 2. The van der Waals surface area contributed by atoms with Gasteiger partial charge in [-0.15, -0.1) is 0 Å². The Kier molecular flexibility index (Phi) is 2.68. The van der Waals surface area contributed by atoms with Crippen molar-refractivity contribution in [1.29, 1.82) is 5.26 Å². The fourth-order valence-corrected chi connectivity index (χ4v) is 1.58. The van der Waals surface area contributed by atoms with E-state index in [0.29, 0.717) is 30.1 Å². The molecule has 1 saturated heterocycles. The van der Waals surface area contributed by atoms with Crippen LogP contribution in [0.15, 0.2) is 11.2 Å². The molecule has 0 bridgehead atoms. The van der Waals surface area contributed by atoms with E-state index in [-0.39, 0.29) is 11.9 Å². The number of carbonyl (C=O) groups is 1. The quantitative estimate of drug-likeness (QED) is 0.590. The molecule has 0 radical (unpaired) electrons. The zero-order valence-corrected chi connectivity index (χ0v) is 8.73. The van der Waals surface area contributed by atoms with Crippen LogP contribution in [0.1, 0.15) is 18.9 Å². The summed E-state index contributed by atoms with van der Waals surface area (Å²) in [6, 6.07) is 1.97. The predicted octanol–water partition coefficient (Wildman–Crippen LogP) is 0.937. The monoisotopic (exact) mass is 218 g/mol. The lowest BCUT2D eigenvalue weighted by Crippen LogP contribution is -2.16. The highest BCUT2D eigenvalue weighted by Gasteiger charge is 2.29. The molecule has 2 rings (SSSR count). The number of aromatic nitrogens is 2. The lowest BCUT2D eigenvalue weighted by atomic mass is 10.0. The van der Waals surface area contributed by atoms with E-state index in [9.17, 15) is 4.79 Å². The Morgan fingerprint density at radius 1 is 1.81 bits per heavy atom. The van der Waals surface area contributed by atoms with E-state index in [1.54, 1.807) is 6.92 Å². The zero-order chi connectivity index (χ0) is 11.5. The number of hydrogen-bond acceptors (Lipinski definition) is 5. The van der Waals surface area contributed by atoms with Crippen LogP contribution in [0.5, 0.6) is 0 Å². The number of esters is 1. The summed E-state index contributed by atoms with van der Waals surface area (Å²) in [5.41, 5.74) is 1.01. The number of nitrogens with zero attached hydrogens (tertiary/aromatic N) is 3. The number of H-pyrrole nitrogens is 1. The summed E-state index contributed by atoms with van der Waals surface area (Å²) in [5.74, 6) is -0.159. The first-order chi connectivity index (χ1) is 7.72. The van der Waals surface area contributed by atoms with Crippen molar-refractivity contribution in [3.8, 4) is 6.07 Å². The van der Waals surface area contributed by atoms with E-state index < -0.39 is 0 Å². The molecule has 1 aliphatic rings. The topological polar surface area (TPSA) is 91.1 Å². The smallest absolute Gasteiger partial charge is 0.314 e. The number of nitrogens with one attached hydrogen (secondary N) is 1. The van der Waals surface area contributed by atoms with E-state index >= 15 is 0 Å². The number of nitriles is 1. The van der Waals surface area contributed by atoms with Gasteiger partial charge in [0, 0.05) is 12.1 Å². The van der Waals surface area contributed by atoms with Gasteiger partial charge < -0.3 is 4.74 Å². The van der Waals surface area contributed by atoms with Gasteiger partial charge in [0.15, 0.2) is 5.82 Å². The Bertz CT molecular complexity index is 483. The van der Waals surface area contributed by atoms with Crippen molar-refractivity contribution >= 4 is 17.5 Å². The minimum absolute atomic E-state index is 0.251. The fourth-order valence-electron chi connectivity index (χ4n) is 1.58. The van der Waals surface area contributed by atoms with Crippen molar-refractivity contribution in [1.82, 2.24) is 10.2 Å². The zero-order valence-electron chi connectivity index (χ0n) is 8.73. The van der Waals surface area contributed by atoms with Crippen molar-refractivity contribution in [3.63, 3.8) is 0 Å². The van der Waals surface area contributed by atoms with Crippen LogP contribution in [-0.4, -0.2) is 28.5 Å². The molecular formula is C10H10N4O2. The molecular weight excluding hydrogens is 208 g/mol. The van der Waals surface area contributed by atoms with Gasteiger partial charge >= 0.3 is 5.97 Å². The minimum Gasteiger partial charge on any atom is -0.465 e. The Morgan fingerprint density at radius 3 is 3.25 bits per heavy atom. The van der Waals surface area contributed by atoms with Crippen LogP contribution < -0.4 is 0 Å². The van der Waals surface area contributed by atoms with Crippen LogP contribution in [0, 0.1) is 17.2 Å². The summed E-state index contributed by atoms with van der Waals surface area (Å²) >= 11 is 0. The van der Waals surface area contributed by atoms with Gasteiger partial charge in [-0.2, -0.15) is 10.4 Å². The molecule has 0 aliphatic carbocycles. The molecule has 16 heavy (non-hydrogen) atoms. The second kappa shape index (κ2) is 4.14. The maximum absolute atomic E-state index is 11.3. The highest BCUT2D eigenvalue weighted by molar-refractivity contribution is 6.02. The number of ether oxygens (including phenoxy) is 1. The van der Waals surface area contributed by atoms with Gasteiger partial charge in [0.2, 0.25) is 0 Å². The average molecular weight is 218 g/mol. The van der Waals surface area contributed by atoms with E-state index in [1.165, 1.54) is 6.20 Å². The number of aromatic amines is 1. The molecule has 0 aromatic carbocycles. The summed E-state index contributed by atoms with van der Waals surface area (Å²) in [6.45, 7) is 2.18. The van der Waals surface area contributed by atoms with Crippen molar-refractivity contribution in [2.24, 2.45) is 10.9 Å². The third kappa shape index (κ3) is 1.80. The van der Waals surface area contributed by atoms with Gasteiger partial charge in [-0.1, -0.05) is 0 Å². The molecule has 6 nitrogen and oxygen atoms in total. The summed E-state index contributed by atoms with van der Waals surface area (Å²) in [7, 11) is 0. The van der Waals surface area contributed by atoms with Gasteiger partial charge in [-0.25, -0.2) is 4.99 Å². The first-order valence-electron chi connectivity index (χ1n) is 4.87. The predicted molar refractivity (Wildman–Crippen MR) is 55.1 cm³/mol. The van der Waals surface area contributed by atoms with Crippen molar-refractivity contribution in [2.45, 2.75) is 13.3 Å². The Labute approximate surface area is 91.9 Å². The number of aliphatic imine (C=N–C) groups is 1. The van der Waals surface area contributed by atoms with Gasteiger partial charge in [0.05, 0.1) is 18.7 Å². The van der Waals surface area contributed by atoms with Crippen LogP contribution >= 0.6 is 0 Å². The second-order valence-corrected chi connectivity index (χ2v) is 3.51. The summed E-state index contributed by atoms with van der Waals surface area (Å²) in [4.78, 5) is 15.5. The lowest BCUT2D eigenvalue weighted by Gasteiger charge is -2.03. The van der Waals surface area contributed by atoms with Gasteiger partial charge in [0.1, 0.15) is 11.6 Å². The van der Waals surface area contributed by atoms with E-state index in [4.69, 9.17) is 10.00 Å². The van der Waals surface area contributed by atoms with E-state index in [0.717, 1.165) is 0 Å². The molecule has 0 saturated carbocycles. The Morgan fingerprint density at radius 2 is 2.62 bits per heavy atom. The summed E-state index contributed by atoms with van der Waals surface area (Å²) in [6.07, 6.45) is 2.04. The molecule has 1 aromatic heterocycles. The van der Waals surface area contributed by atoms with Crippen LogP contribution in [0.25, 0.3) is 0 Å². The Hall–Kier alpha value is -2.16. The van der Waals surface area contributed by atoms with Gasteiger partial charge in [0.25, 0.3) is 0 Å². The van der Waals surface area contributed by atoms with Crippen LogP contribution in [0.2, 0.25) is 0 Å². The van der Waals surface area contributed by atoms with Crippen LogP contribution in [-0.2, 0) is 9.53 Å². The number of carbonyl (C=O) groups excluding carboxylic acids is 1. The van der Waals surface area contributed by atoms with Crippen molar-refractivity contribution < 1.29 is 9.53 Å². The maximum atomic E-state index is 11.3. The molecule has 1 unspecified atom stereocenters. The average Bonchev–Trinajstić information content (AvgIpc) is 2.86. The third-order valence-corrected chi connectivity index (χ3v) is 2.47. The molecule has 82 valence electrons. The largest absolute Gasteiger partial charge is 0.465 e. The first kappa shape index (κ1) is 10.4. The third-order valence-electron chi connectivity index (χ3n) is 2.47. The molecule has 1 fully saturated rings. The molecule has 0 amide bonds. The van der Waals surface area contributed by atoms with E-state index in [1.807, 2.05) is 6.07 Å². The summed E-state index contributed by atoms with van der Waals surface area (Å²) < 4.78 is 4.85. The Balaban J connectivity index is 2.24. The first-order valence-corrected chi connectivity index (χ1v) is 4.87.